The highest BCUT2D eigenvalue weighted by atomic mass is 31.2. The van der Waals surface area contributed by atoms with Crippen LogP contribution in [-0.2, 0) is 20.3 Å². The second-order valence-electron chi connectivity index (χ2n) is 6.17. The molecule has 6 N–H and O–H groups in total. The number of anilines is 2. The van der Waals surface area contributed by atoms with Gasteiger partial charge in [-0.1, -0.05) is 12.1 Å². The molecule has 0 amide bonds. The summed E-state index contributed by atoms with van der Waals surface area (Å²) in [5, 5.41) is 11.5. The van der Waals surface area contributed by atoms with E-state index in [0.29, 0.717) is 22.3 Å². The van der Waals surface area contributed by atoms with Crippen molar-refractivity contribution in [1.82, 2.24) is 0 Å². The van der Waals surface area contributed by atoms with Crippen molar-refractivity contribution in [3.8, 4) is 5.75 Å². The quantitative estimate of drug-likeness (QED) is 0.391. The molecule has 3 aromatic carbocycles. The van der Waals surface area contributed by atoms with Crippen LogP contribution in [0.4, 0.5) is 11.4 Å². The average molecular weight is 386 g/mol. The number of fused-ring (bicyclic) bond motifs is 1. The molecule has 140 valence electrons. The van der Waals surface area contributed by atoms with Gasteiger partial charge in [-0.15, -0.1) is 0 Å². The van der Waals surface area contributed by atoms with E-state index in [1.165, 1.54) is 18.2 Å². The number of carbonyl (C=O) groups excluding carboxylic acids is 1. The number of aromatic hydroxyl groups is 1. The number of nitrogens with two attached hydrogens (primary N) is 2. The lowest BCUT2D eigenvalue weighted by Gasteiger charge is -2.13. The molecule has 0 saturated heterocycles. The van der Waals surface area contributed by atoms with Crippen LogP contribution in [-0.4, -0.2) is 16.0 Å². The zero-order chi connectivity index (χ0) is 19.6. The number of phenolic OH excluding ortho intramolecular Hbond substituents is 1. The molecule has 27 heavy (non-hydrogen) atoms. The van der Waals surface area contributed by atoms with Crippen LogP contribution in [0, 0.1) is 0 Å². The predicted molar refractivity (Wildman–Crippen MR) is 105 cm³/mol. The number of phenols is 1. The molecule has 1 atom stereocenters. The van der Waals surface area contributed by atoms with Crippen molar-refractivity contribution in [2.24, 2.45) is 0 Å². The van der Waals surface area contributed by atoms with E-state index in [4.69, 9.17) is 16.0 Å². The highest BCUT2D eigenvalue weighted by molar-refractivity contribution is 7.61. The summed E-state index contributed by atoms with van der Waals surface area (Å²) in [5.74, 6) is -0.751. The van der Waals surface area contributed by atoms with E-state index in [2.05, 4.69) is 0 Å². The molecule has 0 saturated carbocycles. The minimum Gasteiger partial charge on any atom is -0.507 e. The summed E-state index contributed by atoms with van der Waals surface area (Å²) in [6.07, 6.45) is 0.105. The molecular weight excluding hydrogens is 367 g/mol. The fourth-order valence-electron chi connectivity index (χ4n) is 2.76. The first-order valence-electron chi connectivity index (χ1n) is 8.17. The van der Waals surface area contributed by atoms with Crippen LogP contribution < -0.4 is 16.8 Å². The van der Waals surface area contributed by atoms with Crippen molar-refractivity contribution >= 4 is 41.0 Å². The van der Waals surface area contributed by atoms with Gasteiger partial charge in [0.05, 0.1) is 5.30 Å². The molecule has 0 aliphatic carbocycles. The first kappa shape index (κ1) is 18.8. The summed E-state index contributed by atoms with van der Waals surface area (Å²) in [5.41, 5.74) is 12.9. The predicted octanol–water partition coefficient (Wildman–Crippen LogP) is 2.70. The van der Waals surface area contributed by atoms with E-state index in [1.54, 1.807) is 36.4 Å². The number of hydrogen-bond donors (Lipinski definition) is 4. The van der Waals surface area contributed by atoms with Crippen LogP contribution in [0.5, 0.6) is 5.75 Å². The summed E-state index contributed by atoms with van der Waals surface area (Å²) < 4.78 is 17.0. The van der Waals surface area contributed by atoms with Gasteiger partial charge < -0.3 is 26.0 Å². The fourth-order valence-corrected chi connectivity index (χ4v) is 3.82. The Morgan fingerprint density at radius 1 is 1.04 bits per heavy atom. The summed E-state index contributed by atoms with van der Waals surface area (Å²) >= 11 is 0. The molecule has 3 rings (SSSR count). The lowest BCUT2D eigenvalue weighted by molar-refractivity contribution is -0.134. The zero-order valence-electron chi connectivity index (χ0n) is 14.3. The van der Waals surface area contributed by atoms with E-state index < -0.39 is 13.6 Å². The van der Waals surface area contributed by atoms with Crippen molar-refractivity contribution in [3.63, 3.8) is 0 Å². The summed E-state index contributed by atoms with van der Waals surface area (Å²) in [6, 6.07) is 14.2. The molecule has 0 spiro atoms. The maximum Gasteiger partial charge on any atom is 0.410 e. The van der Waals surface area contributed by atoms with Gasteiger partial charge in [-0.25, -0.2) is 4.57 Å². The largest absolute Gasteiger partial charge is 0.507 e. The van der Waals surface area contributed by atoms with Crippen LogP contribution in [0.3, 0.4) is 0 Å². The number of rotatable bonds is 5. The number of aryl methyl sites for hydroxylation is 1. The number of carbonyl (C=O) groups is 1. The molecular formula is C19H19N2O5P. The second kappa shape index (κ2) is 7.31. The Bertz CT molecular complexity index is 1070. The Balaban J connectivity index is 1.70. The van der Waals surface area contributed by atoms with Gasteiger partial charge in [-0.3, -0.25) is 4.79 Å². The Labute approximate surface area is 155 Å². The highest BCUT2D eigenvalue weighted by Gasteiger charge is 2.27. The van der Waals surface area contributed by atoms with Crippen LogP contribution in [0.25, 0.3) is 10.8 Å². The standard InChI is InChI=1S/C19H19N2O5P/c20-14-2-1-3-16(11-14)27(24,25)26-19(23)7-4-12-8-13-10-15(21)5-6-17(13)18(22)9-12/h1-3,5-6,8-11,22H,4,7,20-21H2,(H,24,25). The highest BCUT2D eigenvalue weighted by Crippen LogP contribution is 2.41. The number of nitrogen functional groups attached to an aromatic ring is 2. The molecule has 0 heterocycles. The van der Waals surface area contributed by atoms with E-state index in [-0.39, 0.29) is 23.9 Å². The molecule has 8 heteroatoms. The van der Waals surface area contributed by atoms with E-state index in [0.717, 1.165) is 5.39 Å². The van der Waals surface area contributed by atoms with E-state index >= 15 is 0 Å². The maximum absolute atomic E-state index is 12.3. The third kappa shape index (κ3) is 4.39. The van der Waals surface area contributed by atoms with Crippen molar-refractivity contribution in [1.29, 1.82) is 0 Å². The Hall–Kier alpha value is -3.02. The van der Waals surface area contributed by atoms with E-state index in [1.807, 2.05) is 0 Å². The third-order valence-electron chi connectivity index (χ3n) is 4.05. The molecule has 0 fully saturated rings. The molecule has 0 aliphatic heterocycles. The van der Waals surface area contributed by atoms with Crippen molar-refractivity contribution in [2.45, 2.75) is 12.8 Å². The minimum atomic E-state index is -4.30. The first-order chi connectivity index (χ1) is 12.7. The van der Waals surface area contributed by atoms with E-state index in [9.17, 15) is 19.4 Å². The van der Waals surface area contributed by atoms with Crippen LogP contribution in [0.2, 0.25) is 0 Å². The normalized spacial score (nSPS) is 13.2. The number of hydrogen-bond acceptors (Lipinski definition) is 6. The van der Waals surface area contributed by atoms with Crippen LogP contribution in [0.15, 0.2) is 54.6 Å². The second-order valence-corrected chi connectivity index (χ2v) is 7.91. The van der Waals surface area contributed by atoms with Gasteiger partial charge >= 0.3 is 13.6 Å². The minimum absolute atomic E-state index is 0.0466. The van der Waals surface area contributed by atoms with Gasteiger partial charge in [-0.05, 0) is 59.8 Å². The van der Waals surface area contributed by atoms with Crippen LogP contribution >= 0.6 is 7.60 Å². The lowest BCUT2D eigenvalue weighted by Crippen LogP contribution is -2.12. The van der Waals surface area contributed by atoms with Gasteiger partial charge in [0.15, 0.2) is 0 Å². The number of benzene rings is 3. The molecule has 7 nitrogen and oxygen atoms in total. The molecule has 0 radical (unpaired) electrons. The molecule has 3 aromatic rings. The van der Waals surface area contributed by atoms with Crippen molar-refractivity contribution in [3.05, 3.63) is 60.2 Å². The molecule has 0 aromatic heterocycles. The lowest BCUT2D eigenvalue weighted by atomic mass is 10.0. The fraction of sp³-hybridized carbons (Fsp3) is 0.105. The average Bonchev–Trinajstić information content (AvgIpc) is 2.59. The maximum atomic E-state index is 12.3. The summed E-state index contributed by atoms with van der Waals surface area (Å²) in [7, 11) is -4.30. The van der Waals surface area contributed by atoms with Gasteiger partial charge in [0, 0.05) is 23.2 Å². The van der Waals surface area contributed by atoms with Crippen molar-refractivity contribution in [2.75, 3.05) is 11.5 Å². The van der Waals surface area contributed by atoms with Crippen LogP contribution in [0.1, 0.15) is 12.0 Å². The Kier molecular flexibility index (Phi) is 5.08. The van der Waals surface area contributed by atoms with Gasteiger partial charge in [-0.2, -0.15) is 0 Å². The molecule has 1 unspecified atom stereocenters. The zero-order valence-corrected chi connectivity index (χ0v) is 15.2. The monoisotopic (exact) mass is 386 g/mol. The Morgan fingerprint density at radius 3 is 2.52 bits per heavy atom. The first-order valence-corrected chi connectivity index (χ1v) is 9.75. The smallest absolute Gasteiger partial charge is 0.410 e. The molecule has 0 aliphatic rings. The van der Waals surface area contributed by atoms with Crippen molar-refractivity contribution < 1.29 is 23.9 Å². The summed E-state index contributed by atoms with van der Waals surface area (Å²) in [4.78, 5) is 22.0. The van der Waals surface area contributed by atoms with Gasteiger partial charge in [0.25, 0.3) is 0 Å². The topological polar surface area (TPSA) is 136 Å². The van der Waals surface area contributed by atoms with Gasteiger partial charge in [0.1, 0.15) is 5.75 Å². The molecule has 0 bridgehead atoms. The third-order valence-corrected chi connectivity index (χ3v) is 5.44. The summed E-state index contributed by atoms with van der Waals surface area (Å²) in [6.45, 7) is 0. The SMILES string of the molecule is Nc1cccc(P(=O)(O)OC(=O)CCc2cc(O)c3ccc(N)cc3c2)c1. The van der Waals surface area contributed by atoms with Gasteiger partial charge in [0.2, 0.25) is 0 Å². The Morgan fingerprint density at radius 2 is 1.78 bits per heavy atom.